The van der Waals surface area contributed by atoms with E-state index in [0.29, 0.717) is 11.7 Å². The second kappa shape index (κ2) is 3.70. The van der Waals surface area contributed by atoms with Crippen LogP contribution in [0.3, 0.4) is 0 Å². The molecule has 2 aromatic rings. The Labute approximate surface area is 93.0 Å². The van der Waals surface area contributed by atoms with Crippen LogP contribution in [-0.2, 0) is 0 Å². The Hall–Kier alpha value is -1.72. The van der Waals surface area contributed by atoms with Crippen molar-refractivity contribution in [1.82, 2.24) is 25.3 Å². The molecular weight excluding hydrogens is 204 g/mol. The quantitative estimate of drug-likeness (QED) is 0.818. The lowest BCUT2D eigenvalue weighted by Crippen LogP contribution is -2.17. The van der Waals surface area contributed by atoms with Crippen LogP contribution in [0.1, 0.15) is 26.2 Å². The topological polar surface area (TPSA) is 68.0 Å². The van der Waals surface area contributed by atoms with Crippen LogP contribution in [0.4, 0.5) is 5.82 Å². The monoisotopic (exact) mass is 218 g/mol. The summed E-state index contributed by atoms with van der Waals surface area (Å²) in [5.41, 5.74) is 0.672. The van der Waals surface area contributed by atoms with E-state index in [9.17, 15) is 0 Å². The molecule has 0 saturated heterocycles. The van der Waals surface area contributed by atoms with Gasteiger partial charge < -0.3 is 5.32 Å². The predicted molar refractivity (Wildman–Crippen MR) is 59.0 cm³/mol. The zero-order valence-corrected chi connectivity index (χ0v) is 9.17. The van der Waals surface area contributed by atoms with Gasteiger partial charge in [-0.3, -0.25) is 0 Å². The van der Waals surface area contributed by atoms with Crippen molar-refractivity contribution >= 4 is 11.5 Å². The Bertz CT molecular complexity index is 493. The fraction of sp³-hybridized carbons (Fsp3) is 0.600. The predicted octanol–water partition coefficient (Wildman–Crippen LogP) is 1.12. The highest BCUT2D eigenvalue weighted by molar-refractivity contribution is 5.42. The molecule has 0 aromatic carbocycles. The maximum atomic E-state index is 4.29. The zero-order valence-electron chi connectivity index (χ0n) is 9.17. The van der Waals surface area contributed by atoms with Crippen LogP contribution < -0.4 is 5.32 Å². The van der Waals surface area contributed by atoms with Crippen molar-refractivity contribution < 1.29 is 0 Å². The molecule has 0 spiro atoms. The molecule has 1 saturated carbocycles. The average Bonchev–Trinajstić information content (AvgIpc) is 2.87. The van der Waals surface area contributed by atoms with Crippen molar-refractivity contribution in [3.05, 3.63) is 12.1 Å². The van der Waals surface area contributed by atoms with Crippen LogP contribution in [0.15, 0.2) is 12.1 Å². The van der Waals surface area contributed by atoms with Gasteiger partial charge in [-0.15, -0.1) is 14.8 Å². The number of aromatic nitrogens is 5. The minimum Gasteiger partial charge on any atom is -0.366 e. The third-order valence-corrected chi connectivity index (χ3v) is 3.12. The number of nitrogens with one attached hydrogen (secondary N) is 1. The van der Waals surface area contributed by atoms with Crippen molar-refractivity contribution in [3.63, 3.8) is 0 Å². The standard InChI is InChI=1S/C10H14N6/c1-7-2-3-8(6-7)11-9-4-5-10-12-14-15-16(10)13-9/h4-5,7-8H,2-3,6H2,1H3,(H,11,13). The van der Waals surface area contributed by atoms with Crippen molar-refractivity contribution in [2.75, 3.05) is 5.32 Å². The molecule has 0 amide bonds. The molecule has 1 N–H and O–H groups in total. The normalized spacial score (nSPS) is 25.1. The molecule has 6 heteroatoms. The van der Waals surface area contributed by atoms with Crippen LogP contribution in [0.5, 0.6) is 0 Å². The molecule has 0 radical (unpaired) electrons. The van der Waals surface area contributed by atoms with Crippen molar-refractivity contribution in [1.29, 1.82) is 0 Å². The van der Waals surface area contributed by atoms with Gasteiger partial charge in [-0.2, -0.15) is 0 Å². The van der Waals surface area contributed by atoms with Crippen LogP contribution >= 0.6 is 0 Å². The van der Waals surface area contributed by atoms with E-state index in [1.54, 1.807) is 0 Å². The zero-order chi connectivity index (χ0) is 11.0. The van der Waals surface area contributed by atoms with E-state index in [2.05, 4.69) is 32.9 Å². The van der Waals surface area contributed by atoms with Gasteiger partial charge in [0.2, 0.25) is 0 Å². The summed E-state index contributed by atoms with van der Waals surface area (Å²) in [6.07, 6.45) is 3.73. The first-order chi connectivity index (χ1) is 7.81. The Kier molecular flexibility index (Phi) is 2.19. The summed E-state index contributed by atoms with van der Waals surface area (Å²) in [5.74, 6) is 1.66. The average molecular weight is 218 g/mol. The summed E-state index contributed by atoms with van der Waals surface area (Å²) < 4.78 is 1.45. The van der Waals surface area contributed by atoms with Gasteiger partial charge >= 0.3 is 0 Å². The molecular formula is C10H14N6. The Morgan fingerprint density at radius 2 is 2.31 bits per heavy atom. The summed E-state index contributed by atoms with van der Waals surface area (Å²) >= 11 is 0. The summed E-state index contributed by atoms with van der Waals surface area (Å²) in [6, 6.07) is 4.33. The molecule has 0 aliphatic heterocycles. The number of rotatable bonds is 2. The minimum absolute atomic E-state index is 0.538. The van der Waals surface area contributed by atoms with Gasteiger partial charge in [0.15, 0.2) is 5.65 Å². The van der Waals surface area contributed by atoms with Gasteiger partial charge in [-0.1, -0.05) is 6.92 Å². The number of nitrogens with zero attached hydrogens (tertiary/aromatic N) is 5. The van der Waals surface area contributed by atoms with Gasteiger partial charge in [0, 0.05) is 6.04 Å². The SMILES string of the molecule is CC1CCC(Nc2ccc3nnnn3n2)C1. The van der Waals surface area contributed by atoms with Crippen LogP contribution in [0.25, 0.3) is 5.65 Å². The van der Waals surface area contributed by atoms with Gasteiger partial charge in [0.1, 0.15) is 5.82 Å². The molecule has 1 fully saturated rings. The van der Waals surface area contributed by atoms with Crippen molar-refractivity contribution in [2.45, 2.75) is 32.2 Å². The Morgan fingerprint density at radius 3 is 3.12 bits per heavy atom. The van der Waals surface area contributed by atoms with Crippen molar-refractivity contribution in [3.8, 4) is 0 Å². The van der Waals surface area contributed by atoms with E-state index in [0.717, 1.165) is 11.7 Å². The summed E-state index contributed by atoms with van der Waals surface area (Å²) in [5, 5.41) is 18.9. The van der Waals surface area contributed by atoms with E-state index in [1.807, 2.05) is 12.1 Å². The van der Waals surface area contributed by atoms with Gasteiger partial charge in [0.05, 0.1) is 0 Å². The number of anilines is 1. The molecule has 1 aliphatic rings. The van der Waals surface area contributed by atoms with Gasteiger partial charge in [0.25, 0.3) is 0 Å². The van der Waals surface area contributed by atoms with Gasteiger partial charge in [-0.25, -0.2) is 0 Å². The Balaban J connectivity index is 1.78. The largest absolute Gasteiger partial charge is 0.366 e. The highest BCUT2D eigenvalue weighted by Gasteiger charge is 2.21. The summed E-state index contributed by atoms with van der Waals surface area (Å²) in [6.45, 7) is 2.29. The van der Waals surface area contributed by atoms with E-state index >= 15 is 0 Å². The number of hydrogen-bond acceptors (Lipinski definition) is 5. The van der Waals surface area contributed by atoms with E-state index in [-0.39, 0.29) is 0 Å². The molecule has 6 nitrogen and oxygen atoms in total. The molecule has 0 bridgehead atoms. The minimum atomic E-state index is 0.538. The first kappa shape index (κ1) is 9.50. The van der Waals surface area contributed by atoms with Crippen LogP contribution in [0, 0.1) is 5.92 Å². The molecule has 2 aromatic heterocycles. The summed E-state index contributed by atoms with van der Waals surface area (Å²) in [7, 11) is 0. The highest BCUT2D eigenvalue weighted by atomic mass is 15.6. The fourth-order valence-corrected chi connectivity index (χ4v) is 2.27. The molecule has 2 unspecified atom stereocenters. The maximum absolute atomic E-state index is 4.29. The highest BCUT2D eigenvalue weighted by Crippen LogP contribution is 2.26. The molecule has 16 heavy (non-hydrogen) atoms. The van der Waals surface area contributed by atoms with E-state index in [4.69, 9.17) is 0 Å². The smallest absolute Gasteiger partial charge is 0.200 e. The summed E-state index contributed by atoms with van der Waals surface area (Å²) in [4.78, 5) is 0. The lowest BCUT2D eigenvalue weighted by molar-refractivity contribution is 0.601. The first-order valence-corrected chi connectivity index (χ1v) is 5.63. The maximum Gasteiger partial charge on any atom is 0.200 e. The second-order valence-electron chi connectivity index (χ2n) is 4.50. The lowest BCUT2D eigenvalue weighted by atomic mass is 10.1. The van der Waals surface area contributed by atoms with E-state index in [1.165, 1.54) is 23.9 Å². The van der Waals surface area contributed by atoms with Crippen molar-refractivity contribution in [2.24, 2.45) is 5.92 Å². The third kappa shape index (κ3) is 1.70. The first-order valence-electron chi connectivity index (χ1n) is 5.63. The number of tetrazole rings is 1. The third-order valence-electron chi connectivity index (χ3n) is 3.12. The van der Waals surface area contributed by atoms with Gasteiger partial charge in [-0.05, 0) is 47.7 Å². The molecule has 2 heterocycles. The number of fused-ring (bicyclic) bond motifs is 1. The van der Waals surface area contributed by atoms with Crippen LogP contribution in [0.2, 0.25) is 0 Å². The second-order valence-corrected chi connectivity index (χ2v) is 4.50. The number of hydrogen-bond donors (Lipinski definition) is 1. The molecule has 84 valence electrons. The fourth-order valence-electron chi connectivity index (χ4n) is 2.27. The lowest BCUT2D eigenvalue weighted by Gasteiger charge is -2.12. The molecule has 3 rings (SSSR count). The molecule has 2 atom stereocenters. The molecule has 1 aliphatic carbocycles. The Morgan fingerprint density at radius 1 is 1.38 bits per heavy atom. The van der Waals surface area contributed by atoms with E-state index < -0.39 is 0 Å². The van der Waals surface area contributed by atoms with Crippen LogP contribution in [-0.4, -0.2) is 31.3 Å².